The molecule has 4 unspecified atom stereocenters. The minimum atomic E-state index is -0.487. The van der Waals surface area contributed by atoms with Gasteiger partial charge in [-0.25, -0.2) is 0 Å². The second-order valence-electron chi connectivity index (χ2n) is 6.31. The van der Waals surface area contributed by atoms with Crippen LogP contribution in [0.1, 0.15) is 34.1 Å². The molecule has 0 heterocycles. The van der Waals surface area contributed by atoms with E-state index in [1.165, 1.54) is 0 Å². The van der Waals surface area contributed by atoms with Crippen molar-refractivity contribution in [1.29, 1.82) is 0 Å². The van der Waals surface area contributed by atoms with E-state index in [-0.39, 0.29) is 18.2 Å². The number of aliphatic hydroxyl groups is 1. The molecule has 0 bridgehead atoms. The Morgan fingerprint density at radius 2 is 1.62 bits per heavy atom. The molecule has 7 nitrogen and oxygen atoms in total. The molecule has 4 atom stereocenters. The number of ether oxygens (including phenoxy) is 4. The van der Waals surface area contributed by atoms with Gasteiger partial charge in [-0.05, 0) is 27.2 Å². The summed E-state index contributed by atoms with van der Waals surface area (Å²) in [6.45, 7) is 12.2. The molecule has 0 amide bonds. The van der Waals surface area contributed by atoms with Crippen LogP contribution in [-0.2, 0) is 18.9 Å². The van der Waals surface area contributed by atoms with Crippen LogP contribution < -0.4 is 11.1 Å². The van der Waals surface area contributed by atoms with Crippen LogP contribution in [0.25, 0.3) is 0 Å². The van der Waals surface area contributed by atoms with Gasteiger partial charge in [0.1, 0.15) is 0 Å². The first-order chi connectivity index (χ1) is 11.5. The van der Waals surface area contributed by atoms with E-state index < -0.39 is 6.10 Å². The first-order valence-electron chi connectivity index (χ1n) is 8.97. The highest BCUT2D eigenvalue weighted by Crippen LogP contribution is 1.94. The number of aliphatic hydroxyl groups excluding tert-OH is 1. The van der Waals surface area contributed by atoms with Crippen molar-refractivity contribution in [2.45, 2.75) is 58.4 Å². The summed E-state index contributed by atoms with van der Waals surface area (Å²) in [5, 5.41) is 13.0. The summed E-state index contributed by atoms with van der Waals surface area (Å²) in [6.07, 6.45) is 0.504. The van der Waals surface area contributed by atoms with E-state index in [4.69, 9.17) is 24.7 Å². The van der Waals surface area contributed by atoms with Crippen LogP contribution in [-0.4, -0.2) is 82.2 Å². The fraction of sp³-hybridized carbons (Fsp3) is 1.00. The average Bonchev–Trinajstić information content (AvgIpc) is 2.52. The third kappa shape index (κ3) is 16.6. The smallest absolute Gasteiger partial charge is 0.0897 e. The molecule has 0 aromatic heterocycles. The van der Waals surface area contributed by atoms with Gasteiger partial charge in [-0.15, -0.1) is 0 Å². The van der Waals surface area contributed by atoms with Gasteiger partial charge in [0.05, 0.1) is 51.8 Å². The number of nitrogens with two attached hydrogens (primary N) is 1. The van der Waals surface area contributed by atoms with Gasteiger partial charge in [0.25, 0.3) is 0 Å². The number of hydrogen-bond acceptors (Lipinski definition) is 7. The maximum atomic E-state index is 9.73. The van der Waals surface area contributed by atoms with E-state index in [0.717, 1.165) is 6.42 Å². The van der Waals surface area contributed by atoms with Gasteiger partial charge in [-0.2, -0.15) is 0 Å². The first-order valence-corrected chi connectivity index (χ1v) is 8.97. The Kier molecular flexibility index (Phi) is 16.0. The third-order valence-electron chi connectivity index (χ3n) is 3.09. The van der Waals surface area contributed by atoms with Crippen LogP contribution in [0.15, 0.2) is 0 Å². The molecular formula is C17H38N2O5. The fourth-order valence-electron chi connectivity index (χ4n) is 1.86. The lowest BCUT2D eigenvalue weighted by Crippen LogP contribution is -2.38. The predicted molar refractivity (Wildman–Crippen MR) is 95.3 cm³/mol. The van der Waals surface area contributed by atoms with E-state index in [9.17, 15) is 5.11 Å². The molecule has 0 aliphatic heterocycles. The van der Waals surface area contributed by atoms with Crippen molar-refractivity contribution in [2.24, 2.45) is 5.73 Å². The average molecular weight is 351 g/mol. The maximum absolute atomic E-state index is 9.73. The van der Waals surface area contributed by atoms with E-state index >= 15 is 0 Å². The molecule has 0 aliphatic carbocycles. The summed E-state index contributed by atoms with van der Waals surface area (Å²) in [4.78, 5) is 0. The topological polar surface area (TPSA) is 95.2 Å². The second-order valence-corrected chi connectivity index (χ2v) is 6.31. The molecule has 4 N–H and O–H groups in total. The van der Waals surface area contributed by atoms with E-state index in [0.29, 0.717) is 52.8 Å². The normalized spacial score (nSPS) is 16.8. The van der Waals surface area contributed by atoms with Crippen LogP contribution in [0.4, 0.5) is 0 Å². The molecule has 0 fully saturated rings. The predicted octanol–water partition coefficient (Wildman–Crippen LogP) is 0.538. The monoisotopic (exact) mass is 350 g/mol. The van der Waals surface area contributed by atoms with Gasteiger partial charge in [0.2, 0.25) is 0 Å². The molecule has 0 radical (unpaired) electrons. The molecule has 0 saturated heterocycles. The molecular weight excluding hydrogens is 312 g/mol. The Hall–Kier alpha value is -0.280. The quantitative estimate of drug-likeness (QED) is 0.330. The molecule has 0 spiro atoms. The van der Waals surface area contributed by atoms with Crippen molar-refractivity contribution in [1.82, 2.24) is 5.32 Å². The van der Waals surface area contributed by atoms with Gasteiger partial charge in [0, 0.05) is 25.2 Å². The molecule has 0 aromatic carbocycles. The number of nitrogens with one attached hydrogen (secondary N) is 1. The standard InChI is InChI=1S/C17H38N2O5/c1-5-6-21-13-17(20)9-19-15(3)11-22-7-8-24-16(4)12-23-10-14(2)18/h14-17,19-20H,5-13,18H2,1-4H3. The van der Waals surface area contributed by atoms with Gasteiger partial charge < -0.3 is 35.1 Å². The first kappa shape index (κ1) is 23.7. The van der Waals surface area contributed by atoms with Crippen molar-refractivity contribution < 1.29 is 24.1 Å². The van der Waals surface area contributed by atoms with Crippen LogP contribution in [0.2, 0.25) is 0 Å². The number of hydrogen-bond donors (Lipinski definition) is 3. The van der Waals surface area contributed by atoms with Crippen molar-refractivity contribution in [3.05, 3.63) is 0 Å². The molecule has 0 saturated carbocycles. The Morgan fingerprint density at radius 1 is 0.917 bits per heavy atom. The Balaban J connectivity index is 3.43. The zero-order chi connectivity index (χ0) is 18.2. The maximum Gasteiger partial charge on any atom is 0.0897 e. The summed E-state index contributed by atoms with van der Waals surface area (Å²) >= 11 is 0. The highest BCUT2D eigenvalue weighted by molar-refractivity contribution is 4.64. The molecule has 0 aliphatic rings. The van der Waals surface area contributed by atoms with Crippen molar-refractivity contribution in [3.8, 4) is 0 Å². The Bertz CT molecular complexity index is 269. The summed E-state index contributed by atoms with van der Waals surface area (Å²) in [7, 11) is 0. The van der Waals surface area contributed by atoms with Crippen molar-refractivity contribution in [2.75, 3.05) is 52.8 Å². The van der Waals surface area contributed by atoms with E-state index in [2.05, 4.69) is 5.32 Å². The lowest BCUT2D eigenvalue weighted by atomic mass is 10.3. The lowest BCUT2D eigenvalue weighted by molar-refractivity contribution is -0.0331. The molecule has 0 aromatic rings. The lowest BCUT2D eigenvalue weighted by Gasteiger charge is -2.18. The zero-order valence-electron chi connectivity index (χ0n) is 15.8. The SMILES string of the molecule is CCCOCC(O)CNC(C)COCCOC(C)COCC(C)N. The highest BCUT2D eigenvalue weighted by Gasteiger charge is 2.08. The van der Waals surface area contributed by atoms with Crippen LogP contribution >= 0.6 is 0 Å². The molecule has 7 heteroatoms. The Labute approximate surface area is 147 Å². The molecule has 24 heavy (non-hydrogen) atoms. The summed E-state index contributed by atoms with van der Waals surface area (Å²) in [5.41, 5.74) is 5.61. The summed E-state index contributed by atoms with van der Waals surface area (Å²) in [6, 6.07) is 0.212. The van der Waals surface area contributed by atoms with Crippen LogP contribution in [0.3, 0.4) is 0 Å². The minimum Gasteiger partial charge on any atom is -0.389 e. The van der Waals surface area contributed by atoms with Crippen LogP contribution in [0, 0.1) is 0 Å². The van der Waals surface area contributed by atoms with Gasteiger partial charge in [-0.3, -0.25) is 0 Å². The summed E-state index contributed by atoms with van der Waals surface area (Å²) < 4.78 is 21.9. The third-order valence-corrected chi connectivity index (χ3v) is 3.09. The number of rotatable bonds is 17. The Morgan fingerprint density at radius 3 is 2.29 bits per heavy atom. The van der Waals surface area contributed by atoms with Gasteiger partial charge >= 0.3 is 0 Å². The largest absolute Gasteiger partial charge is 0.389 e. The minimum absolute atomic E-state index is 0.0289. The molecule has 146 valence electrons. The summed E-state index contributed by atoms with van der Waals surface area (Å²) in [5.74, 6) is 0. The van der Waals surface area contributed by atoms with Gasteiger partial charge in [-0.1, -0.05) is 6.92 Å². The van der Waals surface area contributed by atoms with Gasteiger partial charge in [0.15, 0.2) is 0 Å². The van der Waals surface area contributed by atoms with Crippen molar-refractivity contribution in [3.63, 3.8) is 0 Å². The molecule has 0 rings (SSSR count). The second kappa shape index (κ2) is 16.2. The van der Waals surface area contributed by atoms with E-state index in [1.807, 2.05) is 27.7 Å². The van der Waals surface area contributed by atoms with Crippen LogP contribution in [0.5, 0.6) is 0 Å². The fourth-order valence-corrected chi connectivity index (χ4v) is 1.86. The zero-order valence-corrected chi connectivity index (χ0v) is 15.8. The van der Waals surface area contributed by atoms with E-state index in [1.54, 1.807) is 0 Å². The van der Waals surface area contributed by atoms with Crippen molar-refractivity contribution >= 4 is 0 Å². The highest BCUT2D eigenvalue weighted by atomic mass is 16.5.